The quantitative estimate of drug-likeness (QED) is 0.822. The van der Waals surface area contributed by atoms with Crippen LogP contribution in [-0.2, 0) is 6.42 Å². The van der Waals surface area contributed by atoms with E-state index in [1.165, 1.54) is 10.9 Å². The van der Waals surface area contributed by atoms with E-state index in [0.29, 0.717) is 0 Å². The Balaban J connectivity index is 2.22. The minimum Gasteiger partial charge on any atom is -0.310 e. The highest BCUT2D eigenvalue weighted by molar-refractivity contribution is 7.11. The van der Waals surface area contributed by atoms with Gasteiger partial charge in [-0.25, -0.2) is 9.37 Å². The van der Waals surface area contributed by atoms with Gasteiger partial charge in [-0.2, -0.15) is 0 Å². The van der Waals surface area contributed by atoms with Crippen LogP contribution in [0.25, 0.3) is 0 Å². The van der Waals surface area contributed by atoms with Crippen molar-refractivity contribution in [3.8, 4) is 0 Å². The second kappa shape index (κ2) is 7.34. The lowest BCUT2D eigenvalue weighted by molar-refractivity contribution is 0.523. The fraction of sp³-hybridized carbons (Fsp3) is 0.438. The molecule has 5 heteroatoms. The number of nitrogens with zero attached hydrogens (tertiary/aromatic N) is 1. The van der Waals surface area contributed by atoms with Crippen molar-refractivity contribution in [2.75, 3.05) is 6.54 Å². The molecule has 21 heavy (non-hydrogen) atoms. The number of thiazole rings is 1. The lowest BCUT2D eigenvalue weighted by atomic mass is 10.0. The maximum Gasteiger partial charge on any atom is 0.142 e. The summed E-state index contributed by atoms with van der Waals surface area (Å²) in [6.07, 6.45) is 1.79. The van der Waals surface area contributed by atoms with Gasteiger partial charge in [0, 0.05) is 17.3 Å². The van der Waals surface area contributed by atoms with Crippen LogP contribution in [0.15, 0.2) is 18.2 Å². The molecule has 0 bridgehead atoms. The molecule has 2 aromatic rings. The smallest absolute Gasteiger partial charge is 0.142 e. The summed E-state index contributed by atoms with van der Waals surface area (Å²) in [4.78, 5) is 5.82. The molecule has 0 aliphatic rings. The zero-order valence-corrected chi connectivity index (χ0v) is 14.1. The standard InChI is InChI=1S/C16H20ClFN2S/c1-4-7-19-15(9-16-20-10(2)11(3)21-16)12-5-6-13(17)14(18)8-12/h5-6,8,15,19H,4,7,9H2,1-3H3. The molecule has 114 valence electrons. The lowest BCUT2D eigenvalue weighted by Gasteiger charge is -2.18. The van der Waals surface area contributed by atoms with E-state index in [4.69, 9.17) is 11.6 Å². The third-order valence-corrected chi connectivity index (χ3v) is 4.84. The Morgan fingerprint density at radius 2 is 2.14 bits per heavy atom. The molecule has 0 saturated heterocycles. The predicted octanol–water partition coefficient (Wildman–Crippen LogP) is 4.84. The van der Waals surface area contributed by atoms with Crippen LogP contribution in [0, 0.1) is 19.7 Å². The van der Waals surface area contributed by atoms with E-state index in [1.54, 1.807) is 17.4 Å². The topological polar surface area (TPSA) is 24.9 Å². The molecule has 0 radical (unpaired) electrons. The molecular formula is C16H20ClFN2S. The van der Waals surface area contributed by atoms with Gasteiger partial charge in [0.15, 0.2) is 0 Å². The molecule has 0 spiro atoms. The van der Waals surface area contributed by atoms with Crippen LogP contribution in [0.3, 0.4) is 0 Å². The van der Waals surface area contributed by atoms with Crippen molar-refractivity contribution >= 4 is 22.9 Å². The number of aryl methyl sites for hydroxylation is 2. The first kappa shape index (κ1) is 16.4. The molecule has 0 fully saturated rings. The summed E-state index contributed by atoms with van der Waals surface area (Å²) in [6, 6.07) is 5.07. The van der Waals surface area contributed by atoms with Crippen molar-refractivity contribution < 1.29 is 4.39 Å². The summed E-state index contributed by atoms with van der Waals surface area (Å²) in [5.41, 5.74) is 1.99. The zero-order chi connectivity index (χ0) is 15.4. The van der Waals surface area contributed by atoms with Crippen molar-refractivity contribution in [1.29, 1.82) is 0 Å². The Kier molecular flexibility index (Phi) is 5.73. The summed E-state index contributed by atoms with van der Waals surface area (Å²) in [7, 11) is 0. The van der Waals surface area contributed by atoms with Gasteiger partial charge in [-0.05, 0) is 44.5 Å². The summed E-state index contributed by atoms with van der Waals surface area (Å²) in [5.74, 6) is -0.371. The first-order valence-corrected chi connectivity index (χ1v) is 8.32. The summed E-state index contributed by atoms with van der Waals surface area (Å²) >= 11 is 7.48. The first-order valence-electron chi connectivity index (χ1n) is 7.12. The third-order valence-electron chi connectivity index (χ3n) is 3.44. The first-order chi connectivity index (χ1) is 10.0. The van der Waals surface area contributed by atoms with E-state index in [9.17, 15) is 4.39 Å². The van der Waals surface area contributed by atoms with Gasteiger partial charge in [0.2, 0.25) is 0 Å². The molecule has 1 heterocycles. The Morgan fingerprint density at radius 3 is 2.71 bits per heavy atom. The van der Waals surface area contributed by atoms with E-state index in [-0.39, 0.29) is 16.9 Å². The molecule has 1 aromatic heterocycles. The maximum atomic E-state index is 13.7. The minimum absolute atomic E-state index is 0.0571. The van der Waals surface area contributed by atoms with Crippen LogP contribution in [-0.4, -0.2) is 11.5 Å². The van der Waals surface area contributed by atoms with Crippen molar-refractivity contribution in [2.45, 2.75) is 39.7 Å². The van der Waals surface area contributed by atoms with Gasteiger partial charge in [-0.15, -0.1) is 11.3 Å². The average Bonchev–Trinajstić information content (AvgIpc) is 2.76. The highest BCUT2D eigenvalue weighted by atomic mass is 35.5. The van der Waals surface area contributed by atoms with Gasteiger partial charge < -0.3 is 5.32 Å². The Hall–Kier alpha value is -0.970. The Bertz CT molecular complexity index is 593. The predicted molar refractivity (Wildman–Crippen MR) is 87.7 cm³/mol. The van der Waals surface area contributed by atoms with Gasteiger partial charge in [0.05, 0.1) is 15.7 Å². The minimum atomic E-state index is -0.371. The highest BCUT2D eigenvalue weighted by Crippen LogP contribution is 2.26. The van der Waals surface area contributed by atoms with Gasteiger partial charge >= 0.3 is 0 Å². The third kappa shape index (κ3) is 4.25. The van der Waals surface area contributed by atoms with Crippen LogP contribution in [0.1, 0.15) is 40.5 Å². The average molecular weight is 327 g/mol. The maximum absolute atomic E-state index is 13.7. The number of benzene rings is 1. The molecule has 2 rings (SSSR count). The SMILES string of the molecule is CCCNC(Cc1nc(C)c(C)s1)c1ccc(Cl)c(F)c1. The van der Waals surface area contributed by atoms with E-state index >= 15 is 0 Å². The molecule has 1 atom stereocenters. The Labute approximate surface area is 134 Å². The van der Waals surface area contributed by atoms with E-state index < -0.39 is 0 Å². The summed E-state index contributed by atoms with van der Waals surface area (Å²) < 4.78 is 13.7. The molecule has 1 unspecified atom stereocenters. The molecule has 0 saturated carbocycles. The molecule has 1 aromatic carbocycles. The lowest BCUT2D eigenvalue weighted by Crippen LogP contribution is -2.24. The summed E-state index contributed by atoms with van der Waals surface area (Å²) in [6.45, 7) is 7.10. The van der Waals surface area contributed by atoms with Crippen LogP contribution in [0.2, 0.25) is 5.02 Å². The van der Waals surface area contributed by atoms with Crippen molar-refractivity contribution in [3.63, 3.8) is 0 Å². The van der Waals surface area contributed by atoms with E-state index in [2.05, 4.69) is 24.1 Å². The highest BCUT2D eigenvalue weighted by Gasteiger charge is 2.16. The second-order valence-corrected chi connectivity index (χ2v) is 6.83. The van der Waals surface area contributed by atoms with Gasteiger partial charge in [0.25, 0.3) is 0 Å². The van der Waals surface area contributed by atoms with Crippen LogP contribution >= 0.6 is 22.9 Å². The van der Waals surface area contributed by atoms with Crippen molar-refractivity contribution in [1.82, 2.24) is 10.3 Å². The molecule has 1 N–H and O–H groups in total. The van der Waals surface area contributed by atoms with Gasteiger partial charge in [0.1, 0.15) is 5.82 Å². The number of aromatic nitrogens is 1. The molecule has 0 amide bonds. The van der Waals surface area contributed by atoms with E-state index in [1.807, 2.05) is 13.0 Å². The van der Waals surface area contributed by atoms with Gasteiger partial charge in [-0.1, -0.05) is 24.6 Å². The number of halogens is 2. The van der Waals surface area contributed by atoms with Crippen LogP contribution in [0.5, 0.6) is 0 Å². The number of nitrogens with one attached hydrogen (secondary N) is 1. The van der Waals surface area contributed by atoms with Crippen LogP contribution < -0.4 is 5.32 Å². The molecular weight excluding hydrogens is 307 g/mol. The number of hydrogen-bond donors (Lipinski definition) is 1. The van der Waals surface area contributed by atoms with Crippen molar-refractivity contribution in [3.05, 3.63) is 50.2 Å². The molecule has 0 aliphatic carbocycles. The molecule has 0 aliphatic heterocycles. The fourth-order valence-corrected chi connectivity index (χ4v) is 3.25. The molecule has 2 nitrogen and oxygen atoms in total. The monoisotopic (exact) mass is 326 g/mol. The van der Waals surface area contributed by atoms with Crippen molar-refractivity contribution in [2.24, 2.45) is 0 Å². The zero-order valence-electron chi connectivity index (χ0n) is 12.5. The second-order valence-electron chi connectivity index (χ2n) is 5.13. The van der Waals surface area contributed by atoms with Gasteiger partial charge in [-0.3, -0.25) is 0 Å². The van der Waals surface area contributed by atoms with Crippen LogP contribution in [0.4, 0.5) is 4.39 Å². The normalized spacial score (nSPS) is 12.6. The summed E-state index contributed by atoms with van der Waals surface area (Å²) in [5, 5.41) is 4.71. The fourth-order valence-electron chi connectivity index (χ4n) is 2.16. The van der Waals surface area contributed by atoms with E-state index in [0.717, 1.165) is 35.7 Å². The largest absolute Gasteiger partial charge is 0.310 e. The number of hydrogen-bond acceptors (Lipinski definition) is 3. The Morgan fingerprint density at radius 1 is 1.38 bits per heavy atom. The number of rotatable bonds is 6.